The number of aryl methyl sites for hydroxylation is 1. The van der Waals surface area contributed by atoms with Crippen molar-refractivity contribution in [3.05, 3.63) is 42.9 Å². The van der Waals surface area contributed by atoms with E-state index in [1.807, 2.05) is 6.07 Å². The second-order valence-electron chi connectivity index (χ2n) is 4.28. The molecule has 2 rings (SSSR count). The first-order chi connectivity index (χ1) is 9.85. The van der Waals surface area contributed by atoms with Crippen LogP contribution in [0.2, 0.25) is 0 Å². The van der Waals surface area contributed by atoms with Crippen molar-refractivity contribution < 1.29 is 14.4 Å². The lowest BCUT2D eigenvalue weighted by Crippen LogP contribution is -2.29. The van der Waals surface area contributed by atoms with Crippen LogP contribution in [0.5, 0.6) is 0 Å². The molecule has 4 N–H and O–H groups in total. The first-order valence-electron chi connectivity index (χ1n) is 6.21. The Bertz CT molecular complexity index is 751. The predicted octanol–water partition coefficient (Wildman–Crippen LogP) is 1.68. The fraction of sp³-hybridized carbons (Fsp3) is 0.333. The van der Waals surface area contributed by atoms with Crippen LogP contribution < -0.4 is 11.1 Å². The van der Waals surface area contributed by atoms with Crippen LogP contribution in [0.3, 0.4) is 0 Å². The molecule has 0 unspecified atom stereocenters. The van der Waals surface area contributed by atoms with Crippen LogP contribution in [0.1, 0.15) is 25.3 Å². The third kappa shape index (κ3) is 5.59. The Morgan fingerprint density at radius 2 is 1.76 bits per heavy atom. The van der Waals surface area contributed by atoms with Gasteiger partial charge in [-0.25, -0.2) is 0 Å². The Morgan fingerprint density at radius 3 is 2.33 bits per heavy atom. The highest BCUT2D eigenvalue weighted by Crippen LogP contribution is 2.21. The van der Waals surface area contributed by atoms with Crippen LogP contribution in [0.25, 0.3) is 11.0 Å². The largest absolute Gasteiger partial charge is 0.326 e. The molecule has 0 amide bonds. The van der Waals surface area contributed by atoms with Crippen molar-refractivity contribution >= 4 is 35.2 Å². The van der Waals surface area contributed by atoms with Crippen molar-refractivity contribution in [2.75, 3.05) is 0 Å². The van der Waals surface area contributed by atoms with Crippen LogP contribution in [0, 0.1) is 0 Å². The average Bonchev–Trinajstić information content (AvgIpc) is 2.37. The van der Waals surface area contributed by atoms with Gasteiger partial charge >= 0.3 is 19.4 Å². The van der Waals surface area contributed by atoms with Crippen molar-refractivity contribution in [1.82, 2.24) is 9.97 Å². The number of hydrogen-bond acceptors (Lipinski definition) is 3. The van der Waals surface area contributed by atoms with Crippen molar-refractivity contribution in [3.8, 4) is 0 Å². The summed E-state index contributed by atoms with van der Waals surface area (Å²) < 4.78 is 9.64. The third-order valence-corrected chi connectivity index (χ3v) is 3.14. The quantitative estimate of drug-likeness (QED) is 0.477. The molecular weight excluding hydrogens is 363 g/mol. The monoisotopic (exact) mass is 378 g/mol. The second kappa shape index (κ2) is 8.29. The molecule has 2 aromatic rings. The van der Waals surface area contributed by atoms with E-state index < -0.39 is 19.4 Å². The number of hydrogen-bond donors (Lipinski definition) is 4. The topological polar surface area (TPSA) is 123 Å². The van der Waals surface area contributed by atoms with Gasteiger partial charge in [-0.1, -0.05) is 29.3 Å². The second-order valence-corrected chi connectivity index (χ2v) is 5.76. The molecule has 0 bridgehead atoms. The number of H-pyrrole nitrogens is 2. The highest BCUT2D eigenvalue weighted by atomic mass is 79.9. The zero-order valence-corrected chi connectivity index (χ0v) is 13.9. The standard InChI is InChI=1S/C12H13BrN2O2.H3O3P/c1-2-3-4-7-5-8(13)6-9-10(7)15-12(17)11(16)14-9;1-4(2)3/h5-6H,2-4H2,1H3,(H,14,16)(H,15,17);4H,(H2,1,2,3). The summed E-state index contributed by atoms with van der Waals surface area (Å²) in [6.45, 7) is 2.12. The molecular formula is C12H16BrN2O5P. The molecule has 116 valence electrons. The number of halogens is 1. The van der Waals surface area contributed by atoms with Gasteiger partial charge in [0.15, 0.2) is 0 Å². The fourth-order valence-electron chi connectivity index (χ4n) is 1.82. The first kappa shape index (κ1) is 17.8. The molecule has 0 fully saturated rings. The Hall–Kier alpha value is -1.21. The summed E-state index contributed by atoms with van der Waals surface area (Å²) in [5.74, 6) is 0. The van der Waals surface area contributed by atoms with Crippen LogP contribution >= 0.6 is 24.2 Å². The molecule has 0 radical (unpaired) electrons. The van der Waals surface area contributed by atoms with E-state index in [0.29, 0.717) is 5.52 Å². The van der Waals surface area contributed by atoms with E-state index in [4.69, 9.17) is 14.4 Å². The molecule has 1 heterocycles. The minimum Gasteiger partial charge on any atom is -0.326 e. The Labute approximate surface area is 129 Å². The van der Waals surface area contributed by atoms with E-state index in [1.54, 1.807) is 6.07 Å². The summed E-state index contributed by atoms with van der Waals surface area (Å²) in [7, 11) is -3.13. The minimum atomic E-state index is -3.13. The number of unbranched alkanes of at least 4 members (excludes halogenated alkanes) is 1. The van der Waals surface area contributed by atoms with Crippen LogP contribution in [0.4, 0.5) is 0 Å². The number of rotatable bonds is 3. The van der Waals surface area contributed by atoms with E-state index >= 15 is 0 Å². The smallest absolute Gasteiger partial charge is 0.314 e. The van der Waals surface area contributed by atoms with E-state index in [1.165, 1.54) is 0 Å². The van der Waals surface area contributed by atoms with Crippen LogP contribution in [0.15, 0.2) is 26.2 Å². The lowest BCUT2D eigenvalue weighted by atomic mass is 10.1. The zero-order chi connectivity index (χ0) is 16.0. The van der Waals surface area contributed by atoms with Gasteiger partial charge in [0.2, 0.25) is 0 Å². The molecule has 0 spiro atoms. The number of nitrogens with one attached hydrogen (secondary N) is 2. The molecule has 0 aliphatic heterocycles. The number of aromatic nitrogens is 2. The minimum absolute atomic E-state index is 0.599. The predicted molar refractivity (Wildman–Crippen MR) is 84.9 cm³/mol. The van der Waals surface area contributed by atoms with Gasteiger partial charge in [0, 0.05) is 4.47 Å². The van der Waals surface area contributed by atoms with Crippen molar-refractivity contribution in [3.63, 3.8) is 0 Å². The fourth-order valence-corrected chi connectivity index (χ4v) is 2.33. The van der Waals surface area contributed by atoms with Gasteiger partial charge < -0.3 is 19.8 Å². The van der Waals surface area contributed by atoms with E-state index in [-0.39, 0.29) is 0 Å². The summed E-state index contributed by atoms with van der Waals surface area (Å²) in [6.07, 6.45) is 3.02. The van der Waals surface area contributed by atoms with E-state index in [9.17, 15) is 9.59 Å². The summed E-state index contributed by atoms with van der Waals surface area (Å²) in [5.41, 5.74) is 1.22. The van der Waals surface area contributed by atoms with Gasteiger partial charge in [-0.15, -0.1) is 0 Å². The van der Waals surface area contributed by atoms with E-state index in [2.05, 4.69) is 32.8 Å². The lowest BCUT2D eigenvalue weighted by molar-refractivity contribution is 0.405. The van der Waals surface area contributed by atoms with Crippen molar-refractivity contribution in [2.45, 2.75) is 26.2 Å². The molecule has 21 heavy (non-hydrogen) atoms. The zero-order valence-electron chi connectivity index (χ0n) is 11.3. The van der Waals surface area contributed by atoms with Gasteiger partial charge in [-0.3, -0.25) is 14.2 Å². The molecule has 0 aliphatic carbocycles. The normalized spacial score (nSPS) is 10.5. The molecule has 1 aromatic carbocycles. The molecule has 0 saturated heterocycles. The molecule has 1 aromatic heterocycles. The Balaban J connectivity index is 0.000000491. The van der Waals surface area contributed by atoms with Crippen molar-refractivity contribution in [1.29, 1.82) is 0 Å². The highest BCUT2D eigenvalue weighted by Gasteiger charge is 2.06. The van der Waals surface area contributed by atoms with E-state index in [0.717, 1.165) is 34.8 Å². The molecule has 0 atom stereocenters. The summed E-state index contributed by atoms with van der Waals surface area (Å²) in [4.78, 5) is 42.1. The Kier molecular flexibility index (Phi) is 7.04. The third-order valence-electron chi connectivity index (χ3n) is 2.68. The van der Waals surface area contributed by atoms with Gasteiger partial charge in [-0.05, 0) is 30.5 Å². The molecule has 0 aliphatic rings. The highest BCUT2D eigenvalue weighted by molar-refractivity contribution is 9.10. The number of fused-ring (bicyclic) bond motifs is 1. The summed E-state index contributed by atoms with van der Waals surface area (Å²) in [5, 5.41) is 0. The van der Waals surface area contributed by atoms with Crippen molar-refractivity contribution in [2.24, 2.45) is 0 Å². The number of benzene rings is 1. The number of aromatic amines is 2. The molecule has 0 saturated carbocycles. The SMILES string of the molecule is CCCCc1cc(Br)cc2[nH]c(=O)c(=O)[nH]c12.O=[PH](O)O. The Morgan fingerprint density at radius 1 is 1.19 bits per heavy atom. The summed E-state index contributed by atoms with van der Waals surface area (Å²) >= 11 is 3.40. The van der Waals surface area contributed by atoms with Crippen LogP contribution in [-0.4, -0.2) is 19.8 Å². The maximum Gasteiger partial charge on any atom is 0.314 e. The van der Waals surface area contributed by atoms with Crippen LogP contribution in [-0.2, 0) is 11.0 Å². The molecule has 7 nitrogen and oxygen atoms in total. The summed E-state index contributed by atoms with van der Waals surface area (Å²) in [6, 6.07) is 3.77. The van der Waals surface area contributed by atoms with Gasteiger partial charge in [-0.2, -0.15) is 0 Å². The first-order valence-corrected chi connectivity index (χ1v) is 8.31. The van der Waals surface area contributed by atoms with Gasteiger partial charge in [0.25, 0.3) is 0 Å². The van der Waals surface area contributed by atoms with Gasteiger partial charge in [0.05, 0.1) is 11.0 Å². The lowest BCUT2D eigenvalue weighted by Gasteiger charge is -2.06. The average molecular weight is 379 g/mol. The maximum absolute atomic E-state index is 11.3. The molecule has 9 heteroatoms. The van der Waals surface area contributed by atoms with Gasteiger partial charge in [0.1, 0.15) is 0 Å². The maximum atomic E-state index is 11.3.